The van der Waals surface area contributed by atoms with Gasteiger partial charge in [-0.15, -0.1) is 0 Å². The van der Waals surface area contributed by atoms with E-state index in [1.165, 1.54) is 17.1 Å². The van der Waals surface area contributed by atoms with Crippen LogP contribution in [0.15, 0.2) is 51.4 Å². The number of nitrogens with zero attached hydrogens (tertiary/aromatic N) is 1. The van der Waals surface area contributed by atoms with Gasteiger partial charge in [0.1, 0.15) is 5.58 Å². The number of thioether (sulfide) groups is 1. The number of hydrogen-bond acceptors (Lipinski definition) is 4. The van der Waals surface area contributed by atoms with Gasteiger partial charge >= 0.3 is 0 Å². The highest BCUT2D eigenvalue weighted by molar-refractivity contribution is 9.10. The van der Waals surface area contributed by atoms with Crippen molar-refractivity contribution in [2.45, 2.75) is 13.5 Å². The molecule has 3 aromatic rings. The molecular weight excluding hydrogens is 424 g/mol. The highest BCUT2D eigenvalue weighted by atomic mass is 79.9. The van der Waals surface area contributed by atoms with E-state index in [1.54, 1.807) is 6.07 Å². The molecule has 6 heteroatoms. The number of carbonyl (C=O) groups excluding carboxylic acids is 1. The maximum atomic E-state index is 12.6. The third-order valence-corrected chi connectivity index (χ3v) is 6.34. The van der Waals surface area contributed by atoms with Crippen LogP contribution in [0, 0.1) is 6.92 Å². The first-order valence-electron chi connectivity index (χ1n) is 8.99. The molecule has 4 nitrogen and oxygen atoms in total. The number of fused-ring (bicyclic) bond motifs is 1. The Morgan fingerprint density at radius 3 is 2.78 bits per heavy atom. The van der Waals surface area contributed by atoms with Crippen LogP contribution in [0.3, 0.4) is 0 Å². The van der Waals surface area contributed by atoms with E-state index in [2.05, 4.69) is 38.3 Å². The lowest BCUT2D eigenvalue weighted by molar-refractivity contribution is 0.0998. The van der Waals surface area contributed by atoms with Gasteiger partial charge in [0.05, 0.1) is 4.47 Å². The summed E-state index contributed by atoms with van der Waals surface area (Å²) in [6.07, 6.45) is 0. The molecule has 1 N–H and O–H groups in total. The Balaban J connectivity index is 1.48. The molecule has 1 aliphatic heterocycles. The number of para-hydroxylation sites is 1. The summed E-state index contributed by atoms with van der Waals surface area (Å²) in [5.41, 5.74) is 3.85. The first kappa shape index (κ1) is 18.6. The number of amides is 1. The molecule has 1 fully saturated rings. The molecule has 0 spiro atoms. The van der Waals surface area contributed by atoms with Crippen molar-refractivity contribution in [3.05, 3.63) is 63.8 Å². The van der Waals surface area contributed by atoms with Crippen molar-refractivity contribution in [2.75, 3.05) is 29.9 Å². The Bertz CT molecular complexity index is 979. The van der Waals surface area contributed by atoms with E-state index in [0.29, 0.717) is 11.3 Å². The molecule has 4 rings (SSSR count). The minimum Gasteiger partial charge on any atom is -0.450 e. The van der Waals surface area contributed by atoms with E-state index < -0.39 is 0 Å². The van der Waals surface area contributed by atoms with Crippen molar-refractivity contribution in [1.82, 2.24) is 4.90 Å². The average Bonchev–Trinajstić information content (AvgIpc) is 3.11. The van der Waals surface area contributed by atoms with E-state index in [4.69, 9.17) is 4.42 Å². The summed E-state index contributed by atoms with van der Waals surface area (Å²) in [4.78, 5) is 15.1. The molecule has 0 aliphatic carbocycles. The number of hydrogen-bond donors (Lipinski definition) is 1. The zero-order valence-electron chi connectivity index (χ0n) is 15.1. The molecule has 0 radical (unpaired) electrons. The highest BCUT2D eigenvalue weighted by Gasteiger charge is 2.16. The fourth-order valence-electron chi connectivity index (χ4n) is 3.31. The molecule has 0 saturated carbocycles. The lowest BCUT2D eigenvalue weighted by atomic mass is 10.1. The lowest BCUT2D eigenvalue weighted by Gasteiger charge is -2.26. The Morgan fingerprint density at radius 2 is 2.04 bits per heavy atom. The van der Waals surface area contributed by atoms with Crippen molar-refractivity contribution in [3.8, 4) is 0 Å². The summed E-state index contributed by atoms with van der Waals surface area (Å²) in [6.45, 7) is 5.28. The van der Waals surface area contributed by atoms with Crippen molar-refractivity contribution >= 4 is 50.3 Å². The summed E-state index contributed by atoms with van der Waals surface area (Å²) in [5.74, 6) is 2.50. The summed E-state index contributed by atoms with van der Waals surface area (Å²) < 4.78 is 6.57. The molecule has 1 amide bonds. The number of carbonyl (C=O) groups is 1. The van der Waals surface area contributed by atoms with Gasteiger partial charge in [0.2, 0.25) is 0 Å². The van der Waals surface area contributed by atoms with E-state index >= 15 is 0 Å². The molecule has 0 unspecified atom stereocenters. The first-order valence-corrected chi connectivity index (χ1v) is 10.9. The smallest absolute Gasteiger partial charge is 0.291 e. The molecule has 0 atom stereocenters. The molecular formula is C21H21BrN2O2S. The minimum atomic E-state index is -0.234. The molecule has 1 aromatic heterocycles. The summed E-state index contributed by atoms with van der Waals surface area (Å²) >= 11 is 5.48. The Hall–Kier alpha value is -1.76. The minimum absolute atomic E-state index is 0.234. The Morgan fingerprint density at radius 1 is 1.22 bits per heavy atom. The van der Waals surface area contributed by atoms with Gasteiger partial charge in [-0.1, -0.05) is 24.3 Å². The van der Waals surface area contributed by atoms with Crippen molar-refractivity contribution < 1.29 is 9.21 Å². The second kappa shape index (κ2) is 8.09. The van der Waals surface area contributed by atoms with Gasteiger partial charge in [-0.2, -0.15) is 11.8 Å². The van der Waals surface area contributed by atoms with Crippen molar-refractivity contribution in [3.63, 3.8) is 0 Å². The molecule has 1 aliphatic rings. The Labute approximate surface area is 171 Å². The van der Waals surface area contributed by atoms with E-state index in [0.717, 1.165) is 40.7 Å². The van der Waals surface area contributed by atoms with Gasteiger partial charge in [-0.3, -0.25) is 9.69 Å². The number of halogens is 1. The van der Waals surface area contributed by atoms with Gasteiger partial charge in [0.25, 0.3) is 5.91 Å². The number of rotatable bonds is 4. The molecule has 0 bridgehead atoms. The summed E-state index contributed by atoms with van der Waals surface area (Å²) in [6, 6.07) is 13.8. The zero-order chi connectivity index (χ0) is 18.8. The van der Waals surface area contributed by atoms with Crippen LogP contribution in [0.4, 0.5) is 5.69 Å². The number of nitrogens with one attached hydrogen (secondary N) is 1. The third-order valence-electron chi connectivity index (χ3n) is 4.77. The fourth-order valence-corrected chi connectivity index (χ4v) is 4.75. The number of furan rings is 1. The maximum Gasteiger partial charge on any atom is 0.291 e. The molecule has 140 valence electrons. The second-order valence-electron chi connectivity index (χ2n) is 6.76. The first-order chi connectivity index (χ1) is 13.1. The lowest BCUT2D eigenvalue weighted by Crippen LogP contribution is -2.31. The number of anilines is 1. The van der Waals surface area contributed by atoms with Crippen LogP contribution in [0.25, 0.3) is 11.0 Å². The number of benzene rings is 2. The quantitative estimate of drug-likeness (QED) is 0.592. The third kappa shape index (κ3) is 4.23. The predicted octanol–water partition coefficient (Wildman–Crippen LogP) is 5.30. The topological polar surface area (TPSA) is 45.5 Å². The summed E-state index contributed by atoms with van der Waals surface area (Å²) in [7, 11) is 0. The molecule has 2 heterocycles. The van der Waals surface area contributed by atoms with Crippen molar-refractivity contribution in [2.24, 2.45) is 0 Å². The van der Waals surface area contributed by atoms with E-state index in [1.807, 2.05) is 43.0 Å². The summed E-state index contributed by atoms with van der Waals surface area (Å²) in [5, 5.41) is 3.88. The van der Waals surface area contributed by atoms with Gasteiger partial charge in [-0.05, 0) is 52.2 Å². The van der Waals surface area contributed by atoms with Crippen LogP contribution in [-0.4, -0.2) is 35.4 Å². The molecule has 1 saturated heterocycles. The van der Waals surface area contributed by atoms with Gasteiger partial charge in [0.15, 0.2) is 5.76 Å². The normalized spacial score (nSPS) is 15.2. The predicted molar refractivity (Wildman–Crippen MR) is 116 cm³/mol. The van der Waals surface area contributed by atoms with Crippen LogP contribution in [-0.2, 0) is 6.54 Å². The maximum absolute atomic E-state index is 12.6. The van der Waals surface area contributed by atoms with Gasteiger partial charge in [0, 0.05) is 42.2 Å². The van der Waals surface area contributed by atoms with Crippen LogP contribution in [0.2, 0.25) is 0 Å². The standard InChI is InChI=1S/C21H21BrN2O2S/c1-14-11-15(13-24-7-9-27-10-8-24)5-6-18(14)23-21(25)19-12-16-3-2-4-17(22)20(16)26-19/h2-6,11-12H,7-10,13H2,1H3,(H,23,25). The zero-order valence-corrected chi connectivity index (χ0v) is 17.5. The largest absolute Gasteiger partial charge is 0.450 e. The van der Waals surface area contributed by atoms with Crippen LogP contribution >= 0.6 is 27.7 Å². The highest BCUT2D eigenvalue weighted by Crippen LogP contribution is 2.28. The van der Waals surface area contributed by atoms with E-state index in [-0.39, 0.29) is 5.91 Å². The SMILES string of the molecule is Cc1cc(CN2CCSCC2)ccc1NC(=O)c1cc2cccc(Br)c2o1. The Kier molecular flexibility index (Phi) is 5.57. The second-order valence-corrected chi connectivity index (χ2v) is 8.84. The molecule has 2 aromatic carbocycles. The van der Waals surface area contributed by atoms with Crippen LogP contribution in [0.1, 0.15) is 21.7 Å². The molecule has 27 heavy (non-hydrogen) atoms. The number of aryl methyl sites for hydroxylation is 1. The monoisotopic (exact) mass is 444 g/mol. The van der Waals surface area contributed by atoms with Gasteiger partial charge < -0.3 is 9.73 Å². The fraction of sp³-hybridized carbons (Fsp3) is 0.286. The van der Waals surface area contributed by atoms with Gasteiger partial charge in [-0.25, -0.2) is 0 Å². The van der Waals surface area contributed by atoms with E-state index in [9.17, 15) is 4.79 Å². The van der Waals surface area contributed by atoms with Crippen LogP contribution < -0.4 is 5.32 Å². The van der Waals surface area contributed by atoms with Crippen molar-refractivity contribution in [1.29, 1.82) is 0 Å². The van der Waals surface area contributed by atoms with Crippen LogP contribution in [0.5, 0.6) is 0 Å². The average molecular weight is 445 g/mol.